The Morgan fingerprint density at radius 1 is 1.30 bits per heavy atom. The average molecular weight is 311 g/mol. The van der Waals surface area contributed by atoms with Gasteiger partial charge in [-0.15, -0.1) is 0 Å². The molecular weight excluding hydrogens is 286 g/mol. The molecule has 1 saturated carbocycles. The maximum absolute atomic E-state index is 13.0. The van der Waals surface area contributed by atoms with Crippen LogP contribution in [0.2, 0.25) is 0 Å². The van der Waals surface area contributed by atoms with Gasteiger partial charge in [0, 0.05) is 12.4 Å². The van der Waals surface area contributed by atoms with Crippen LogP contribution in [0.5, 0.6) is 5.75 Å². The highest BCUT2D eigenvalue weighted by atomic mass is 16.3. The minimum Gasteiger partial charge on any atom is -0.507 e. The van der Waals surface area contributed by atoms with Gasteiger partial charge in [-0.3, -0.25) is 4.79 Å². The number of aromatic nitrogens is 1. The molecule has 3 rings (SSSR count). The van der Waals surface area contributed by atoms with Crippen molar-refractivity contribution in [2.75, 3.05) is 0 Å². The molecule has 0 aliphatic heterocycles. The summed E-state index contributed by atoms with van der Waals surface area (Å²) >= 11 is 0. The quantitative estimate of drug-likeness (QED) is 0.838. The Balaban J connectivity index is 2.26. The number of aromatic hydroxyl groups is 1. The lowest BCUT2D eigenvalue weighted by Crippen LogP contribution is -2.30. The van der Waals surface area contributed by atoms with Crippen molar-refractivity contribution in [3.05, 3.63) is 52.3 Å². The average Bonchev–Trinajstić information content (AvgIpc) is 2.53. The molecule has 1 aliphatic carbocycles. The van der Waals surface area contributed by atoms with Gasteiger partial charge in [0.2, 0.25) is 0 Å². The van der Waals surface area contributed by atoms with Crippen LogP contribution in [-0.4, -0.2) is 9.67 Å². The smallest absolute Gasteiger partial charge is 0.258 e. The Bertz CT molecular complexity index is 818. The molecule has 1 heterocycles. The van der Waals surface area contributed by atoms with Crippen LogP contribution >= 0.6 is 0 Å². The molecule has 122 valence electrons. The second-order valence-electron chi connectivity index (χ2n) is 7.12. The Hall–Kier alpha value is -2.03. The molecular formula is C20H25NO2. The summed E-state index contributed by atoms with van der Waals surface area (Å²) in [5.41, 5.74) is 2.38. The first-order valence-corrected chi connectivity index (χ1v) is 8.37. The molecule has 3 nitrogen and oxygen atoms in total. The lowest BCUT2D eigenvalue weighted by molar-refractivity contribution is 0.271. The van der Waals surface area contributed by atoms with E-state index in [4.69, 9.17) is 0 Å². The van der Waals surface area contributed by atoms with E-state index in [1.165, 1.54) is 0 Å². The number of pyridine rings is 1. The lowest BCUT2D eigenvalue weighted by atomic mass is 9.69. The number of nitrogens with zero attached hydrogens (tertiary/aromatic N) is 1. The molecule has 0 bridgehead atoms. The molecule has 3 atom stereocenters. The molecule has 1 aliphatic rings. The van der Waals surface area contributed by atoms with Crippen LogP contribution in [0.1, 0.15) is 44.6 Å². The van der Waals surface area contributed by atoms with E-state index in [-0.39, 0.29) is 23.1 Å². The number of benzene rings is 1. The molecule has 23 heavy (non-hydrogen) atoms. The highest BCUT2D eigenvalue weighted by Crippen LogP contribution is 2.45. The van der Waals surface area contributed by atoms with E-state index in [0.29, 0.717) is 11.5 Å². The van der Waals surface area contributed by atoms with Crippen molar-refractivity contribution in [2.45, 2.75) is 39.0 Å². The predicted octanol–water partition coefficient (Wildman–Crippen LogP) is 4.34. The maximum atomic E-state index is 13.0. The second-order valence-corrected chi connectivity index (χ2v) is 7.12. The number of hydrogen-bond acceptors (Lipinski definition) is 2. The van der Waals surface area contributed by atoms with Crippen molar-refractivity contribution in [2.24, 2.45) is 18.9 Å². The molecule has 1 N–H and O–H groups in total. The van der Waals surface area contributed by atoms with Crippen LogP contribution < -0.4 is 5.56 Å². The first-order valence-electron chi connectivity index (χ1n) is 8.37. The standard InChI is InChI=1S/C20H25NO2/c1-12(2)14-10-9-13(3)11-16(14)18-19(22)15-7-5-6-8-17(15)21(4)20(18)23/h5-8,13-14,16,22H,1,9-11H2,2-4H3/t13?,14-,16+/m0/s1. The van der Waals surface area contributed by atoms with E-state index in [9.17, 15) is 9.90 Å². The van der Waals surface area contributed by atoms with E-state index in [1.807, 2.05) is 31.2 Å². The summed E-state index contributed by atoms with van der Waals surface area (Å²) < 4.78 is 1.67. The third kappa shape index (κ3) is 2.58. The van der Waals surface area contributed by atoms with Gasteiger partial charge in [-0.05, 0) is 49.7 Å². The normalized spacial score (nSPS) is 24.7. The number of aryl methyl sites for hydroxylation is 1. The highest BCUT2D eigenvalue weighted by Gasteiger charge is 2.34. The lowest BCUT2D eigenvalue weighted by Gasteiger charge is -2.36. The van der Waals surface area contributed by atoms with Crippen molar-refractivity contribution in [3.8, 4) is 5.75 Å². The van der Waals surface area contributed by atoms with Crippen LogP contribution in [0.25, 0.3) is 10.9 Å². The van der Waals surface area contributed by atoms with Gasteiger partial charge in [-0.25, -0.2) is 0 Å². The first kappa shape index (κ1) is 15.9. The number of hydrogen-bond donors (Lipinski definition) is 1. The molecule has 2 aromatic rings. The molecule has 0 radical (unpaired) electrons. The number of rotatable bonds is 2. The number of fused-ring (bicyclic) bond motifs is 1. The van der Waals surface area contributed by atoms with Crippen LogP contribution in [0, 0.1) is 11.8 Å². The van der Waals surface area contributed by atoms with E-state index < -0.39 is 0 Å². The minimum absolute atomic E-state index is 0.0551. The number of allylic oxidation sites excluding steroid dienone is 1. The van der Waals surface area contributed by atoms with Crippen LogP contribution in [0.15, 0.2) is 41.2 Å². The molecule has 0 spiro atoms. The summed E-state index contributed by atoms with van der Waals surface area (Å²) in [4.78, 5) is 13.0. The SMILES string of the molecule is C=C(C)[C@@H]1CCC(C)C[C@H]1c1c(O)c2ccccc2n(C)c1=O. The fraction of sp³-hybridized carbons (Fsp3) is 0.450. The maximum Gasteiger partial charge on any atom is 0.258 e. The topological polar surface area (TPSA) is 42.2 Å². The van der Waals surface area contributed by atoms with Crippen LogP contribution in [-0.2, 0) is 7.05 Å². The Morgan fingerprint density at radius 2 is 2.00 bits per heavy atom. The van der Waals surface area contributed by atoms with Gasteiger partial charge >= 0.3 is 0 Å². The van der Waals surface area contributed by atoms with Crippen molar-refractivity contribution < 1.29 is 5.11 Å². The monoisotopic (exact) mass is 311 g/mol. The van der Waals surface area contributed by atoms with E-state index >= 15 is 0 Å². The van der Waals surface area contributed by atoms with E-state index in [1.54, 1.807) is 11.6 Å². The van der Waals surface area contributed by atoms with Gasteiger partial charge in [0.05, 0.1) is 11.1 Å². The number of para-hydroxylation sites is 1. The summed E-state index contributed by atoms with van der Waals surface area (Å²) in [6, 6.07) is 7.55. The summed E-state index contributed by atoms with van der Waals surface area (Å²) in [6.45, 7) is 8.40. The second kappa shape index (κ2) is 5.88. The predicted molar refractivity (Wildman–Crippen MR) is 94.9 cm³/mol. The third-order valence-corrected chi connectivity index (χ3v) is 5.43. The molecule has 0 amide bonds. The largest absolute Gasteiger partial charge is 0.507 e. The molecule has 3 heteroatoms. The van der Waals surface area contributed by atoms with E-state index in [2.05, 4.69) is 13.5 Å². The summed E-state index contributed by atoms with van der Waals surface area (Å²) in [7, 11) is 1.79. The van der Waals surface area contributed by atoms with Crippen LogP contribution in [0.3, 0.4) is 0 Å². The fourth-order valence-corrected chi connectivity index (χ4v) is 4.13. The van der Waals surface area contributed by atoms with Crippen molar-refractivity contribution in [1.82, 2.24) is 4.57 Å². The molecule has 1 aromatic carbocycles. The van der Waals surface area contributed by atoms with Crippen molar-refractivity contribution in [3.63, 3.8) is 0 Å². The summed E-state index contributed by atoms with van der Waals surface area (Å²) in [6.07, 6.45) is 3.12. The van der Waals surface area contributed by atoms with Gasteiger partial charge in [0.15, 0.2) is 0 Å². The Morgan fingerprint density at radius 3 is 2.70 bits per heavy atom. The van der Waals surface area contributed by atoms with Gasteiger partial charge in [0.1, 0.15) is 5.75 Å². The van der Waals surface area contributed by atoms with Crippen molar-refractivity contribution >= 4 is 10.9 Å². The minimum atomic E-state index is -0.0773. The van der Waals surface area contributed by atoms with Gasteiger partial charge in [0.25, 0.3) is 5.56 Å². The van der Waals surface area contributed by atoms with Crippen LogP contribution in [0.4, 0.5) is 0 Å². The Kier molecular flexibility index (Phi) is 4.05. The Labute approximate surface area is 137 Å². The third-order valence-electron chi connectivity index (χ3n) is 5.43. The van der Waals surface area contributed by atoms with Gasteiger partial charge in [-0.1, -0.05) is 37.6 Å². The zero-order valence-electron chi connectivity index (χ0n) is 14.2. The first-order chi connectivity index (χ1) is 10.9. The van der Waals surface area contributed by atoms with Crippen molar-refractivity contribution in [1.29, 1.82) is 0 Å². The summed E-state index contributed by atoms with van der Waals surface area (Å²) in [5, 5.41) is 11.6. The fourth-order valence-electron chi connectivity index (χ4n) is 4.13. The van der Waals surface area contributed by atoms with Gasteiger partial charge in [-0.2, -0.15) is 0 Å². The molecule has 1 fully saturated rings. The molecule has 1 unspecified atom stereocenters. The van der Waals surface area contributed by atoms with Gasteiger partial charge < -0.3 is 9.67 Å². The molecule has 0 saturated heterocycles. The molecule has 1 aromatic heterocycles. The van der Waals surface area contributed by atoms with E-state index in [0.717, 1.165) is 35.7 Å². The summed E-state index contributed by atoms with van der Waals surface area (Å²) in [5.74, 6) is 1.05. The zero-order valence-corrected chi connectivity index (χ0v) is 14.2. The zero-order chi connectivity index (χ0) is 16.7. The highest BCUT2D eigenvalue weighted by molar-refractivity contribution is 5.86.